The molecule has 25 heavy (non-hydrogen) atoms. The van der Waals surface area contributed by atoms with Crippen LogP contribution in [0.1, 0.15) is 10.4 Å². The van der Waals surface area contributed by atoms with Gasteiger partial charge in [0.1, 0.15) is 5.75 Å². The topological polar surface area (TPSA) is 48.3 Å². The van der Waals surface area contributed by atoms with E-state index in [2.05, 4.69) is 0 Å². The van der Waals surface area contributed by atoms with Crippen molar-refractivity contribution >= 4 is 28.0 Å². The minimum absolute atomic E-state index is 0.115. The molecule has 1 heterocycles. The maximum atomic E-state index is 13.1. The summed E-state index contributed by atoms with van der Waals surface area (Å²) in [7, 11) is 1.51. The molecule has 0 radical (unpaired) electrons. The summed E-state index contributed by atoms with van der Waals surface area (Å²) in [5.74, 6) is 0.483. The van der Waals surface area contributed by atoms with Crippen LogP contribution in [0.4, 0.5) is 0 Å². The van der Waals surface area contributed by atoms with Crippen molar-refractivity contribution in [3.8, 4) is 11.4 Å². The predicted octanol–water partition coefficient (Wildman–Crippen LogP) is 3.97. The van der Waals surface area contributed by atoms with E-state index in [1.807, 2.05) is 48.5 Å². The Bertz CT molecular complexity index is 1170. The molecule has 0 spiro atoms. The number of methoxy groups -OCH3 is 1. The van der Waals surface area contributed by atoms with Crippen LogP contribution in [0.3, 0.4) is 0 Å². The van der Waals surface area contributed by atoms with Crippen molar-refractivity contribution in [1.29, 1.82) is 0 Å². The lowest BCUT2D eigenvalue weighted by molar-refractivity contribution is 0.112. The summed E-state index contributed by atoms with van der Waals surface area (Å²) in [5, 5.41) is 2.55. The molecule has 4 aromatic rings. The molecule has 0 aliphatic heterocycles. The number of carbonyl (C=O) groups excluding carboxylic acids is 1. The predicted molar refractivity (Wildman–Crippen MR) is 99.0 cm³/mol. The number of nitrogens with zero attached hydrogens (tertiary/aromatic N) is 1. The number of hydrogen-bond donors (Lipinski definition) is 0. The molecule has 3 aromatic carbocycles. The smallest absolute Gasteiger partial charge is 0.263 e. The van der Waals surface area contributed by atoms with Gasteiger partial charge in [-0.3, -0.25) is 14.2 Å². The Labute approximate surface area is 143 Å². The second kappa shape index (κ2) is 5.91. The number of aromatic nitrogens is 1. The van der Waals surface area contributed by atoms with Gasteiger partial charge in [0.15, 0.2) is 6.29 Å². The lowest BCUT2D eigenvalue weighted by atomic mass is 10.1. The van der Waals surface area contributed by atoms with Crippen LogP contribution in [0.5, 0.6) is 5.75 Å². The van der Waals surface area contributed by atoms with E-state index in [1.165, 1.54) is 7.11 Å². The summed E-state index contributed by atoms with van der Waals surface area (Å²) in [5.41, 5.74) is 1.73. The zero-order valence-electron chi connectivity index (χ0n) is 13.6. The van der Waals surface area contributed by atoms with Crippen LogP contribution in [0.15, 0.2) is 71.5 Å². The lowest BCUT2D eigenvalue weighted by Gasteiger charge is -2.14. The number of carbonyl (C=O) groups is 1. The number of para-hydroxylation sites is 1. The highest BCUT2D eigenvalue weighted by Crippen LogP contribution is 2.26. The van der Waals surface area contributed by atoms with Gasteiger partial charge in [0.25, 0.3) is 5.56 Å². The third-order valence-electron chi connectivity index (χ3n) is 4.39. The standard InChI is InChI=1S/C21H15NO3/c1-25-20-11-10-15(12-14(20)13-23)22-19-9-5-4-7-17(19)16-6-2-3-8-18(16)21(22)24/h2-13H,1H3. The number of fused-ring (bicyclic) bond motifs is 3. The Morgan fingerprint density at radius 1 is 0.880 bits per heavy atom. The highest BCUT2D eigenvalue weighted by Gasteiger charge is 2.13. The molecule has 0 aliphatic carbocycles. The SMILES string of the molecule is COc1ccc(-n2c(=O)c3ccccc3c3ccccc32)cc1C=O. The average molecular weight is 329 g/mol. The molecular formula is C21H15NO3. The number of ether oxygens (including phenoxy) is 1. The van der Waals surface area contributed by atoms with Gasteiger partial charge in [0.2, 0.25) is 0 Å². The Kier molecular flexibility index (Phi) is 3.58. The van der Waals surface area contributed by atoms with Gasteiger partial charge in [-0.1, -0.05) is 36.4 Å². The zero-order chi connectivity index (χ0) is 17.4. The van der Waals surface area contributed by atoms with Crippen molar-refractivity contribution in [1.82, 2.24) is 4.57 Å². The zero-order valence-corrected chi connectivity index (χ0v) is 13.6. The number of pyridine rings is 1. The van der Waals surface area contributed by atoms with Crippen LogP contribution in [-0.4, -0.2) is 18.0 Å². The average Bonchev–Trinajstić information content (AvgIpc) is 2.68. The monoisotopic (exact) mass is 329 g/mol. The summed E-state index contributed by atoms with van der Waals surface area (Å²) in [4.78, 5) is 24.5. The van der Waals surface area contributed by atoms with Crippen molar-refractivity contribution in [2.24, 2.45) is 0 Å². The molecule has 0 N–H and O–H groups in total. The molecule has 1 aromatic heterocycles. The fraction of sp³-hybridized carbons (Fsp3) is 0.0476. The first-order valence-corrected chi connectivity index (χ1v) is 7.90. The van der Waals surface area contributed by atoms with E-state index in [1.54, 1.807) is 22.8 Å². The highest BCUT2D eigenvalue weighted by molar-refractivity contribution is 6.06. The Morgan fingerprint density at radius 3 is 2.28 bits per heavy atom. The van der Waals surface area contributed by atoms with Crippen LogP contribution < -0.4 is 10.3 Å². The molecule has 4 rings (SSSR count). The van der Waals surface area contributed by atoms with Crippen LogP contribution in [0.2, 0.25) is 0 Å². The van der Waals surface area contributed by atoms with Crippen LogP contribution in [0, 0.1) is 0 Å². The summed E-state index contributed by atoms with van der Waals surface area (Å²) in [6.07, 6.45) is 0.733. The Hall–Kier alpha value is -3.40. The molecule has 0 saturated carbocycles. The minimum Gasteiger partial charge on any atom is -0.496 e. The summed E-state index contributed by atoms with van der Waals surface area (Å²) < 4.78 is 6.84. The van der Waals surface area contributed by atoms with E-state index in [9.17, 15) is 9.59 Å². The number of aldehydes is 1. The van der Waals surface area contributed by atoms with E-state index in [-0.39, 0.29) is 5.56 Å². The molecular weight excluding hydrogens is 314 g/mol. The second-order valence-electron chi connectivity index (χ2n) is 5.75. The van der Waals surface area contributed by atoms with Gasteiger partial charge in [-0.15, -0.1) is 0 Å². The maximum Gasteiger partial charge on any atom is 0.263 e. The van der Waals surface area contributed by atoms with E-state index in [4.69, 9.17) is 4.74 Å². The van der Waals surface area contributed by atoms with Gasteiger partial charge in [0.05, 0.1) is 23.9 Å². The van der Waals surface area contributed by atoms with E-state index in [0.29, 0.717) is 22.4 Å². The van der Waals surface area contributed by atoms with Crippen molar-refractivity contribution in [2.45, 2.75) is 0 Å². The van der Waals surface area contributed by atoms with Crippen LogP contribution in [-0.2, 0) is 0 Å². The second-order valence-corrected chi connectivity index (χ2v) is 5.75. The first-order valence-electron chi connectivity index (χ1n) is 7.90. The van der Waals surface area contributed by atoms with Gasteiger partial charge in [-0.05, 0) is 35.7 Å². The number of rotatable bonds is 3. The van der Waals surface area contributed by atoms with Crippen molar-refractivity contribution < 1.29 is 9.53 Å². The molecule has 0 amide bonds. The normalized spacial score (nSPS) is 10.9. The molecule has 0 bridgehead atoms. The van der Waals surface area contributed by atoms with Gasteiger partial charge >= 0.3 is 0 Å². The van der Waals surface area contributed by atoms with Gasteiger partial charge < -0.3 is 4.74 Å². The molecule has 122 valence electrons. The van der Waals surface area contributed by atoms with Gasteiger partial charge in [0, 0.05) is 10.8 Å². The van der Waals surface area contributed by atoms with E-state index < -0.39 is 0 Å². The van der Waals surface area contributed by atoms with E-state index >= 15 is 0 Å². The largest absolute Gasteiger partial charge is 0.496 e. The highest BCUT2D eigenvalue weighted by atomic mass is 16.5. The Balaban J connectivity index is 2.16. The third-order valence-corrected chi connectivity index (χ3v) is 4.39. The quantitative estimate of drug-likeness (QED) is 0.422. The lowest BCUT2D eigenvalue weighted by Crippen LogP contribution is -2.19. The fourth-order valence-corrected chi connectivity index (χ4v) is 3.24. The summed E-state index contributed by atoms with van der Waals surface area (Å²) in [6.45, 7) is 0. The van der Waals surface area contributed by atoms with Crippen LogP contribution >= 0.6 is 0 Å². The first kappa shape index (κ1) is 15.1. The third kappa shape index (κ3) is 2.31. The van der Waals surface area contributed by atoms with Crippen molar-refractivity contribution in [2.75, 3.05) is 7.11 Å². The van der Waals surface area contributed by atoms with Crippen molar-refractivity contribution in [3.05, 3.63) is 82.6 Å². The van der Waals surface area contributed by atoms with Gasteiger partial charge in [-0.25, -0.2) is 0 Å². The van der Waals surface area contributed by atoms with E-state index in [0.717, 1.165) is 22.6 Å². The number of hydrogen-bond acceptors (Lipinski definition) is 3. The molecule has 0 unspecified atom stereocenters. The summed E-state index contributed by atoms with van der Waals surface area (Å²) >= 11 is 0. The molecule has 0 atom stereocenters. The fourth-order valence-electron chi connectivity index (χ4n) is 3.24. The first-order chi connectivity index (χ1) is 12.2. The summed E-state index contributed by atoms with van der Waals surface area (Å²) in [6, 6.07) is 20.5. The minimum atomic E-state index is -0.115. The Morgan fingerprint density at radius 2 is 1.56 bits per heavy atom. The number of benzene rings is 3. The van der Waals surface area contributed by atoms with Gasteiger partial charge in [-0.2, -0.15) is 0 Å². The molecule has 0 aliphatic rings. The molecule has 4 nitrogen and oxygen atoms in total. The van der Waals surface area contributed by atoms with Crippen molar-refractivity contribution in [3.63, 3.8) is 0 Å². The van der Waals surface area contributed by atoms with Crippen LogP contribution in [0.25, 0.3) is 27.4 Å². The maximum absolute atomic E-state index is 13.1. The molecule has 0 saturated heterocycles. The molecule has 4 heteroatoms. The molecule has 0 fully saturated rings.